The maximum Gasteiger partial charge on any atom is 0.329 e. The van der Waals surface area contributed by atoms with Crippen molar-refractivity contribution in [2.45, 2.75) is 29.0 Å². The van der Waals surface area contributed by atoms with Gasteiger partial charge in [0.25, 0.3) is 11.8 Å². The molecule has 1 heterocycles. The van der Waals surface area contributed by atoms with Crippen LogP contribution in [-0.2, 0) is 23.9 Å². The number of hydrogen-bond donors (Lipinski definition) is 2. The van der Waals surface area contributed by atoms with E-state index in [2.05, 4.69) is 42.7 Å². The van der Waals surface area contributed by atoms with E-state index in [1.807, 2.05) is 0 Å². The fourth-order valence-electron chi connectivity index (χ4n) is 4.99. The molecule has 1 aromatic rings. The van der Waals surface area contributed by atoms with Gasteiger partial charge in [-0.25, -0.2) is 4.79 Å². The van der Waals surface area contributed by atoms with Crippen molar-refractivity contribution in [1.82, 2.24) is 15.8 Å². The number of likely N-dealkylation sites (tertiary alicyclic amines) is 1. The van der Waals surface area contributed by atoms with Gasteiger partial charge in [-0.1, -0.05) is 55.6 Å². The van der Waals surface area contributed by atoms with Gasteiger partial charge in [-0.15, -0.1) is 0 Å². The molecule has 4 rings (SSSR count). The van der Waals surface area contributed by atoms with Crippen LogP contribution >= 0.6 is 43.5 Å². The number of hydrogen-bond acceptors (Lipinski definition) is 6. The summed E-state index contributed by atoms with van der Waals surface area (Å²) in [5, 5.41) is 0.208. The summed E-state index contributed by atoms with van der Waals surface area (Å²) in [6.45, 7) is 0.697. The summed E-state index contributed by atoms with van der Waals surface area (Å²) in [5.74, 6) is -3.90. The number of halogens is 3. The zero-order valence-corrected chi connectivity index (χ0v) is 21.2. The molecule has 1 aliphatic heterocycles. The first kappa shape index (κ1) is 24.2. The Morgan fingerprint density at radius 1 is 1.09 bits per heavy atom. The molecule has 9 nitrogen and oxygen atoms in total. The number of nitrogens with zero attached hydrogens (tertiary/aromatic N) is 1. The number of alkyl halides is 2. The minimum absolute atomic E-state index is 0.0292. The molecule has 7 atom stereocenters. The van der Waals surface area contributed by atoms with Crippen LogP contribution in [0.4, 0.5) is 0 Å². The fraction of sp³-hybridized carbons (Fsp3) is 0.476. The van der Waals surface area contributed by atoms with Crippen molar-refractivity contribution in [1.29, 1.82) is 0 Å². The van der Waals surface area contributed by atoms with Gasteiger partial charge in [-0.3, -0.25) is 34.9 Å². The number of imide groups is 1. The Kier molecular flexibility index (Phi) is 6.84. The van der Waals surface area contributed by atoms with Crippen molar-refractivity contribution in [3.05, 3.63) is 34.9 Å². The summed E-state index contributed by atoms with van der Waals surface area (Å²) >= 11 is 13.1. The zero-order chi connectivity index (χ0) is 24.0. The Balaban J connectivity index is 1.30. The number of amides is 4. The second-order valence-corrected chi connectivity index (χ2v) is 10.8. The molecule has 1 aromatic carbocycles. The van der Waals surface area contributed by atoms with Gasteiger partial charge in [0.15, 0.2) is 6.61 Å². The third-order valence-electron chi connectivity index (χ3n) is 6.53. The number of rotatable bonds is 5. The lowest BCUT2D eigenvalue weighted by Crippen LogP contribution is -2.47. The standard InChI is InChI=1S/C21H20Br2ClN3O6/c1-8(27-19(30)14-10-6-11(15(14)20(27)31)17(23)16(10)22)21(32)33-7-13(28)25-26-18(29)9-4-2-3-5-12(9)24/h2-5,8,10-11,14-17H,6-7H2,1H3,(H,25,28)(H,26,29)/t8-,10-,11-,14-,15-,16-,17+/m1/s1. The van der Waals surface area contributed by atoms with Crippen molar-refractivity contribution < 1.29 is 28.7 Å². The first-order valence-corrected chi connectivity index (χ1v) is 12.5. The Hall–Kier alpha value is -1.98. The third kappa shape index (κ3) is 4.19. The molecule has 2 bridgehead atoms. The van der Waals surface area contributed by atoms with Crippen LogP contribution in [-0.4, -0.2) is 56.8 Å². The van der Waals surface area contributed by atoms with Crippen molar-refractivity contribution in [3.63, 3.8) is 0 Å². The Morgan fingerprint density at radius 3 is 2.24 bits per heavy atom. The topological polar surface area (TPSA) is 122 Å². The lowest BCUT2D eigenvalue weighted by Gasteiger charge is -2.28. The van der Waals surface area contributed by atoms with Gasteiger partial charge in [0, 0.05) is 9.65 Å². The largest absolute Gasteiger partial charge is 0.454 e. The monoisotopic (exact) mass is 603 g/mol. The van der Waals surface area contributed by atoms with E-state index in [0.717, 1.165) is 11.3 Å². The highest BCUT2D eigenvalue weighted by atomic mass is 79.9. The van der Waals surface area contributed by atoms with E-state index in [0.29, 0.717) is 0 Å². The molecule has 0 spiro atoms. The number of esters is 1. The number of hydrazine groups is 1. The van der Waals surface area contributed by atoms with Crippen molar-refractivity contribution >= 4 is 73.1 Å². The van der Waals surface area contributed by atoms with E-state index < -0.39 is 42.3 Å². The predicted molar refractivity (Wildman–Crippen MR) is 123 cm³/mol. The van der Waals surface area contributed by atoms with E-state index in [1.165, 1.54) is 19.1 Å². The molecule has 1 saturated heterocycles. The molecule has 2 aliphatic carbocycles. The van der Waals surface area contributed by atoms with Crippen LogP contribution in [0.2, 0.25) is 5.02 Å². The van der Waals surface area contributed by atoms with Crippen LogP contribution in [0.3, 0.4) is 0 Å². The van der Waals surface area contributed by atoms with Gasteiger partial charge in [0.1, 0.15) is 6.04 Å². The molecule has 2 saturated carbocycles. The van der Waals surface area contributed by atoms with Gasteiger partial charge < -0.3 is 4.74 Å². The molecule has 3 fully saturated rings. The average molecular weight is 606 g/mol. The van der Waals surface area contributed by atoms with E-state index in [-0.39, 0.29) is 43.9 Å². The van der Waals surface area contributed by atoms with Gasteiger partial charge in [0.05, 0.1) is 22.4 Å². The molecule has 0 unspecified atom stereocenters. The smallest absolute Gasteiger partial charge is 0.329 e. The Labute approximate surface area is 211 Å². The summed E-state index contributed by atoms with van der Waals surface area (Å²) < 4.78 is 4.98. The van der Waals surface area contributed by atoms with Gasteiger partial charge in [-0.05, 0) is 37.3 Å². The second kappa shape index (κ2) is 9.34. The summed E-state index contributed by atoms with van der Waals surface area (Å²) in [4.78, 5) is 63.6. The van der Waals surface area contributed by atoms with Crippen LogP contribution in [0, 0.1) is 23.7 Å². The second-order valence-electron chi connectivity index (χ2n) is 8.32. The van der Waals surface area contributed by atoms with Crippen LogP contribution in [0.15, 0.2) is 24.3 Å². The predicted octanol–water partition coefficient (Wildman–Crippen LogP) is 1.81. The van der Waals surface area contributed by atoms with Crippen molar-refractivity contribution in [2.24, 2.45) is 23.7 Å². The highest BCUT2D eigenvalue weighted by Gasteiger charge is 2.67. The van der Waals surface area contributed by atoms with Crippen molar-refractivity contribution in [2.75, 3.05) is 6.61 Å². The fourth-order valence-corrected chi connectivity index (χ4v) is 7.09. The molecule has 4 amide bonds. The number of nitrogens with one attached hydrogen (secondary N) is 2. The van der Waals surface area contributed by atoms with Crippen LogP contribution in [0.1, 0.15) is 23.7 Å². The van der Waals surface area contributed by atoms with E-state index in [1.54, 1.807) is 12.1 Å². The van der Waals surface area contributed by atoms with Crippen LogP contribution < -0.4 is 10.9 Å². The first-order chi connectivity index (χ1) is 15.6. The lowest BCUT2D eigenvalue weighted by atomic mass is 9.81. The Bertz CT molecular complexity index is 1010. The summed E-state index contributed by atoms with van der Waals surface area (Å²) in [6.07, 6.45) is 0.783. The summed E-state index contributed by atoms with van der Waals surface area (Å²) in [6, 6.07) is 5.11. The first-order valence-electron chi connectivity index (χ1n) is 10.3. The molecular weight excluding hydrogens is 586 g/mol. The maximum atomic E-state index is 13.0. The summed E-state index contributed by atoms with van der Waals surface area (Å²) in [5.41, 5.74) is 4.45. The highest BCUT2D eigenvalue weighted by Crippen LogP contribution is 2.60. The molecule has 3 aliphatic rings. The molecule has 176 valence electrons. The number of ether oxygens (including phenoxy) is 1. The van der Waals surface area contributed by atoms with Gasteiger partial charge >= 0.3 is 5.97 Å². The van der Waals surface area contributed by atoms with Crippen LogP contribution in [0.25, 0.3) is 0 Å². The zero-order valence-electron chi connectivity index (χ0n) is 17.3. The quantitative estimate of drug-likeness (QED) is 0.229. The molecule has 0 radical (unpaired) electrons. The number of carbonyl (C=O) groups excluding carboxylic acids is 5. The molecule has 0 aromatic heterocycles. The molecular formula is C21H20Br2ClN3O6. The normalized spacial score (nSPS) is 30.7. The van der Waals surface area contributed by atoms with Crippen LogP contribution in [0.5, 0.6) is 0 Å². The number of carbonyl (C=O) groups is 5. The minimum Gasteiger partial charge on any atom is -0.454 e. The SMILES string of the molecule is C[C@H](C(=O)OCC(=O)NNC(=O)c1ccccc1Cl)N1C(=O)[C@@H]2[C@H]3C[C@@H]([C@@H](Br)[C@H]3Br)[C@H]2C1=O. The minimum atomic E-state index is -1.16. The van der Waals surface area contributed by atoms with E-state index >= 15 is 0 Å². The molecule has 33 heavy (non-hydrogen) atoms. The molecule has 12 heteroatoms. The maximum absolute atomic E-state index is 13.0. The van der Waals surface area contributed by atoms with Crippen molar-refractivity contribution in [3.8, 4) is 0 Å². The Morgan fingerprint density at radius 2 is 1.67 bits per heavy atom. The third-order valence-corrected chi connectivity index (χ3v) is 10.1. The van der Waals surface area contributed by atoms with Gasteiger partial charge in [0.2, 0.25) is 11.8 Å². The van der Waals surface area contributed by atoms with E-state index in [4.69, 9.17) is 16.3 Å². The number of benzene rings is 1. The highest BCUT2D eigenvalue weighted by molar-refractivity contribution is 9.12. The molecule has 2 N–H and O–H groups in total. The average Bonchev–Trinajstić information content (AvgIpc) is 3.40. The van der Waals surface area contributed by atoms with E-state index in [9.17, 15) is 24.0 Å². The van der Waals surface area contributed by atoms with Gasteiger partial charge in [-0.2, -0.15) is 0 Å². The summed E-state index contributed by atoms with van der Waals surface area (Å²) in [7, 11) is 0. The lowest BCUT2D eigenvalue weighted by molar-refractivity contribution is -0.160. The number of fused-ring (bicyclic) bond motifs is 5.